The van der Waals surface area contributed by atoms with Gasteiger partial charge in [-0.3, -0.25) is 0 Å². The molecule has 0 aliphatic rings. The molecule has 0 aliphatic carbocycles. The van der Waals surface area contributed by atoms with Crippen LogP contribution in [0.4, 0.5) is 0 Å². The molecule has 28 heavy (non-hydrogen) atoms. The Hall–Kier alpha value is -2.53. The molecular formula is C23H24BrNO3. The van der Waals surface area contributed by atoms with Gasteiger partial charge in [0.2, 0.25) is 0 Å². The number of ether oxygens (including phenoxy) is 2. The third-order valence-electron chi connectivity index (χ3n) is 4.78. The summed E-state index contributed by atoms with van der Waals surface area (Å²) in [6.07, 6.45) is 4.02. The van der Waals surface area contributed by atoms with Gasteiger partial charge in [0.15, 0.2) is 0 Å². The molecule has 0 atom stereocenters. The first-order valence-electron chi connectivity index (χ1n) is 9.27. The number of allylic oxidation sites excluding steroid dienone is 1. The predicted molar refractivity (Wildman–Crippen MR) is 116 cm³/mol. The predicted octanol–water partition coefficient (Wildman–Crippen LogP) is 5.43. The Morgan fingerprint density at radius 2 is 1.93 bits per heavy atom. The molecule has 4 nitrogen and oxygen atoms in total. The van der Waals surface area contributed by atoms with Crippen LogP contribution in [0.2, 0.25) is 0 Å². The highest BCUT2D eigenvalue weighted by Crippen LogP contribution is 2.31. The molecule has 1 aromatic heterocycles. The number of rotatable bonds is 7. The molecule has 0 aliphatic heterocycles. The van der Waals surface area contributed by atoms with Crippen LogP contribution in [0.5, 0.6) is 5.75 Å². The first-order chi connectivity index (χ1) is 13.5. The maximum Gasteiger partial charge on any atom is 0.330 e. The minimum Gasteiger partial charge on any atom is -0.497 e. The van der Waals surface area contributed by atoms with Gasteiger partial charge >= 0.3 is 5.97 Å². The molecule has 0 bridgehead atoms. The molecule has 0 saturated heterocycles. The molecule has 146 valence electrons. The van der Waals surface area contributed by atoms with Crippen molar-refractivity contribution in [2.45, 2.75) is 26.8 Å². The van der Waals surface area contributed by atoms with Gasteiger partial charge in [-0.05, 0) is 61.7 Å². The second kappa shape index (κ2) is 9.11. The second-order valence-corrected chi connectivity index (χ2v) is 7.43. The molecule has 0 amide bonds. The Morgan fingerprint density at radius 3 is 2.61 bits per heavy atom. The van der Waals surface area contributed by atoms with Crippen LogP contribution in [0, 0.1) is 6.92 Å². The number of carbonyl (C=O) groups excluding carboxylic acids is 1. The number of hydrogen-bond acceptors (Lipinski definition) is 3. The van der Waals surface area contributed by atoms with E-state index in [4.69, 9.17) is 9.47 Å². The molecule has 0 spiro atoms. The molecule has 0 unspecified atom stereocenters. The zero-order chi connectivity index (χ0) is 20.1. The van der Waals surface area contributed by atoms with E-state index in [1.54, 1.807) is 14.0 Å². The average molecular weight is 442 g/mol. The van der Waals surface area contributed by atoms with Crippen LogP contribution in [0.15, 0.2) is 59.1 Å². The molecule has 0 radical (unpaired) electrons. The minimum atomic E-state index is -0.309. The highest BCUT2D eigenvalue weighted by molar-refractivity contribution is 9.10. The topological polar surface area (TPSA) is 40.5 Å². The molecule has 2 aromatic carbocycles. The van der Waals surface area contributed by atoms with Gasteiger partial charge in [0.25, 0.3) is 0 Å². The SMILES string of the molecule is CCOC(=O)C=CCc1c(C)n(Cc2ccc(Br)cc2)c2ccc(OC)cc12. The quantitative estimate of drug-likeness (QED) is 0.362. The summed E-state index contributed by atoms with van der Waals surface area (Å²) < 4.78 is 13.8. The van der Waals surface area contributed by atoms with Crippen molar-refractivity contribution in [3.63, 3.8) is 0 Å². The van der Waals surface area contributed by atoms with Crippen molar-refractivity contribution < 1.29 is 14.3 Å². The fourth-order valence-electron chi connectivity index (χ4n) is 3.35. The van der Waals surface area contributed by atoms with Crippen LogP contribution in [0.1, 0.15) is 23.7 Å². The number of methoxy groups -OCH3 is 1. The summed E-state index contributed by atoms with van der Waals surface area (Å²) in [4.78, 5) is 11.6. The van der Waals surface area contributed by atoms with Gasteiger partial charge in [0.1, 0.15) is 5.75 Å². The van der Waals surface area contributed by atoms with Gasteiger partial charge in [-0.1, -0.05) is 34.1 Å². The van der Waals surface area contributed by atoms with Gasteiger partial charge in [0, 0.05) is 33.7 Å². The molecular weight excluding hydrogens is 418 g/mol. The molecule has 3 rings (SSSR count). The molecule has 5 heteroatoms. The lowest BCUT2D eigenvalue weighted by Crippen LogP contribution is -2.02. The first kappa shape index (κ1) is 20.2. The zero-order valence-electron chi connectivity index (χ0n) is 16.4. The smallest absolute Gasteiger partial charge is 0.330 e. The lowest BCUT2D eigenvalue weighted by Gasteiger charge is -2.09. The summed E-state index contributed by atoms with van der Waals surface area (Å²) in [6, 6.07) is 14.5. The van der Waals surface area contributed by atoms with Crippen LogP contribution in [0.3, 0.4) is 0 Å². The Balaban J connectivity index is 2.00. The Kier molecular flexibility index (Phi) is 6.57. The highest BCUT2D eigenvalue weighted by Gasteiger charge is 2.14. The van der Waals surface area contributed by atoms with Crippen molar-refractivity contribution in [2.24, 2.45) is 0 Å². The number of esters is 1. The summed E-state index contributed by atoms with van der Waals surface area (Å²) in [6.45, 7) is 5.09. The number of aromatic nitrogens is 1. The monoisotopic (exact) mass is 441 g/mol. The Labute approximate surface area is 173 Å². The van der Waals surface area contributed by atoms with Gasteiger partial charge in [-0.2, -0.15) is 0 Å². The normalized spacial score (nSPS) is 11.3. The number of hydrogen-bond donors (Lipinski definition) is 0. The van der Waals surface area contributed by atoms with Crippen LogP contribution >= 0.6 is 15.9 Å². The van der Waals surface area contributed by atoms with E-state index in [9.17, 15) is 4.79 Å². The summed E-state index contributed by atoms with van der Waals surface area (Å²) >= 11 is 3.49. The van der Waals surface area contributed by atoms with Crippen molar-refractivity contribution >= 4 is 32.8 Å². The van der Waals surface area contributed by atoms with E-state index in [1.165, 1.54) is 22.9 Å². The van der Waals surface area contributed by atoms with Gasteiger partial charge in [-0.25, -0.2) is 4.79 Å². The lowest BCUT2D eigenvalue weighted by molar-refractivity contribution is -0.137. The third-order valence-corrected chi connectivity index (χ3v) is 5.31. The number of halogens is 1. The van der Waals surface area contributed by atoms with Crippen LogP contribution in [-0.4, -0.2) is 24.3 Å². The number of fused-ring (bicyclic) bond motifs is 1. The minimum absolute atomic E-state index is 0.309. The van der Waals surface area contributed by atoms with Crippen LogP contribution in [-0.2, 0) is 22.5 Å². The maximum absolute atomic E-state index is 11.6. The first-order valence-corrected chi connectivity index (χ1v) is 10.1. The highest BCUT2D eigenvalue weighted by atomic mass is 79.9. The maximum atomic E-state index is 11.6. The molecule has 0 N–H and O–H groups in total. The number of carbonyl (C=O) groups is 1. The van der Waals surface area contributed by atoms with E-state index in [0.717, 1.165) is 27.7 Å². The second-order valence-electron chi connectivity index (χ2n) is 6.52. The number of benzene rings is 2. The fraction of sp³-hybridized carbons (Fsp3) is 0.261. The standard InChI is InChI=1S/C23H24BrNO3/c1-4-28-23(26)7-5-6-20-16(2)25(15-17-8-10-18(24)11-9-17)22-13-12-19(27-3)14-21(20)22/h5,7-14H,4,6,15H2,1-3H3. The summed E-state index contributed by atoms with van der Waals surface area (Å²) in [7, 11) is 1.67. The van der Waals surface area contributed by atoms with E-state index < -0.39 is 0 Å². The lowest BCUT2D eigenvalue weighted by atomic mass is 10.1. The Bertz CT molecular complexity index is 1000. The Morgan fingerprint density at radius 1 is 1.18 bits per heavy atom. The van der Waals surface area contributed by atoms with E-state index in [1.807, 2.05) is 12.1 Å². The summed E-state index contributed by atoms with van der Waals surface area (Å²) in [5, 5.41) is 1.14. The van der Waals surface area contributed by atoms with Gasteiger partial charge < -0.3 is 14.0 Å². The van der Waals surface area contributed by atoms with Crippen molar-refractivity contribution in [2.75, 3.05) is 13.7 Å². The van der Waals surface area contributed by atoms with E-state index in [2.05, 4.69) is 63.8 Å². The van der Waals surface area contributed by atoms with Gasteiger partial charge in [-0.15, -0.1) is 0 Å². The van der Waals surface area contributed by atoms with E-state index in [0.29, 0.717) is 13.0 Å². The zero-order valence-corrected chi connectivity index (χ0v) is 18.0. The molecule has 1 heterocycles. The largest absolute Gasteiger partial charge is 0.497 e. The van der Waals surface area contributed by atoms with Crippen LogP contribution in [0.25, 0.3) is 10.9 Å². The summed E-state index contributed by atoms with van der Waals surface area (Å²) in [5.74, 6) is 0.514. The van der Waals surface area contributed by atoms with E-state index >= 15 is 0 Å². The molecule has 0 saturated carbocycles. The van der Waals surface area contributed by atoms with Crippen molar-refractivity contribution in [3.05, 3.63) is 75.9 Å². The average Bonchev–Trinajstić information content (AvgIpc) is 2.95. The summed E-state index contributed by atoms with van der Waals surface area (Å²) in [5.41, 5.74) is 4.75. The molecule has 0 fully saturated rings. The third kappa shape index (κ3) is 4.47. The van der Waals surface area contributed by atoms with Crippen LogP contribution < -0.4 is 4.74 Å². The molecule has 3 aromatic rings. The number of nitrogens with zero attached hydrogens (tertiary/aromatic N) is 1. The van der Waals surface area contributed by atoms with Crippen molar-refractivity contribution in [3.8, 4) is 5.75 Å². The van der Waals surface area contributed by atoms with Gasteiger partial charge in [0.05, 0.1) is 13.7 Å². The van der Waals surface area contributed by atoms with Crippen molar-refractivity contribution in [1.82, 2.24) is 4.57 Å². The van der Waals surface area contributed by atoms with E-state index in [-0.39, 0.29) is 5.97 Å². The fourth-order valence-corrected chi connectivity index (χ4v) is 3.62. The van der Waals surface area contributed by atoms with Crippen molar-refractivity contribution in [1.29, 1.82) is 0 Å².